The molecular weight excluding hydrogens is 301 g/mol. The van der Waals surface area contributed by atoms with Crippen LogP contribution in [0.4, 0.5) is 0 Å². The highest BCUT2D eigenvalue weighted by atomic mass is 127. The van der Waals surface area contributed by atoms with Crippen LogP contribution in [0.5, 0.6) is 0 Å². The van der Waals surface area contributed by atoms with Gasteiger partial charge in [-0.2, -0.15) is 0 Å². The molecule has 2 N–H and O–H groups in total. The summed E-state index contributed by atoms with van der Waals surface area (Å²) in [5.41, 5.74) is 1.42. The summed E-state index contributed by atoms with van der Waals surface area (Å²) in [5.74, 6) is 0. The molecule has 0 amide bonds. The van der Waals surface area contributed by atoms with Gasteiger partial charge in [0.15, 0.2) is 0 Å². The van der Waals surface area contributed by atoms with E-state index in [2.05, 4.69) is 35.6 Å². The van der Waals surface area contributed by atoms with Gasteiger partial charge in [0, 0.05) is 18.4 Å². The fourth-order valence-electron chi connectivity index (χ4n) is 1.87. The molecule has 0 bridgehead atoms. The van der Waals surface area contributed by atoms with Crippen LogP contribution in [0.3, 0.4) is 0 Å². The zero-order valence-corrected chi connectivity index (χ0v) is 11.0. The zero-order valence-electron chi connectivity index (χ0n) is 8.86. The lowest BCUT2D eigenvalue weighted by molar-refractivity contribution is -0.707. The predicted molar refractivity (Wildman–Crippen MR) is 55.9 cm³/mol. The highest BCUT2D eigenvalue weighted by Gasteiger charge is 2.15. The van der Waals surface area contributed by atoms with E-state index >= 15 is 0 Å². The molecule has 2 rings (SSSR count). The Bertz CT molecular complexity index is 260. The molecule has 0 spiro atoms. The maximum Gasteiger partial charge on any atom is 0.101 e. The fraction of sp³-hybridized carbons (Fsp3) is 0.500. The van der Waals surface area contributed by atoms with Gasteiger partial charge in [0.2, 0.25) is 0 Å². The molecule has 1 aliphatic rings. The van der Waals surface area contributed by atoms with Crippen LogP contribution in [0.2, 0.25) is 0 Å². The monoisotopic (exact) mass is 319 g/mol. The minimum atomic E-state index is 0. The summed E-state index contributed by atoms with van der Waals surface area (Å²) in [7, 11) is 0. The first kappa shape index (κ1) is 12.9. The van der Waals surface area contributed by atoms with Gasteiger partial charge in [0.1, 0.15) is 6.54 Å². The number of ether oxygens (including phenoxy) is 1. The van der Waals surface area contributed by atoms with Gasteiger partial charge in [0.05, 0.1) is 19.3 Å². The van der Waals surface area contributed by atoms with Crippen molar-refractivity contribution in [1.82, 2.24) is 0 Å². The number of quaternary nitrogens is 1. The highest BCUT2D eigenvalue weighted by molar-refractivity contribution is 5.12. The first-order chi connectivity index (χ1) is 6.95. The molecule has 1 aromatic rings. The molecule has 1 aromatic carbocycles. The molecule has 3 heteroatoms. The Kier molecular flexibility index (Phi) is 6.20. The Hall–Kier alpha value is -0.130. The van der Waals surface area contributed by atoms with Crippen molar-refractivity contribution in [3.63, 3.8) is 0 Å². The summed E-state index contributed by atoms with van der Waals surface area (Å²) in [5, 5.41) is 2.44. The van der Waals surface area contributed by atoms with Crippen LogP contribution in [0, 0.1) is 0 Å². The molecule has 1 heterocycles. The minimum Gasteiger partial charge on any atom is -1.00 e. The molecule has 1 aliphatic heterocycles. The lowest BCUT2D eigenvalue weighted by Crippen LogP contribution is -3.00. The molecule has 1 saturated heterocycles. The van der Waals surface area contributed by atoms with Crippen molar-refractivity contribution in [1.29, 1.82) is 0 Å². The summed E-state index contributed by atoms with van der Waals surface area (Å²) in [6.07, 6.45) is 2.40. The fourth-order valence-corrected chi connectivity index (χ4v) is 1.87. The predicted octanol–water partition coefficient (Wildman–Crippen LogP) is -2.07. The second kappa shape index (κ2) is 7.19. The summed E-state index contributed by atoms with van der Waals surface area (Å²) in [4.78, 5) is 0. The summed E-state index contributed by atoms with van der Waals surface area (Å²) in [6.45, 7) is 2.98. The number of benzene rings is 1. The second-order valence-electron chi connectivity index (χ2n) is 3.88. The van der Waals surface area contributed by atoms with E-state index in [0.29, 0.717) is 0 Å². The van der Waals surface area contributed by atoms with Crippen LogP contribution >= 0.6 is 0 Å². The van der Waals surface area contributed by atoms with E-state index in [0.717, 1.165) is 25.8 Å². The first-order valence-corrected chi connectivity index (χ1v) is 5.40. The number of nitrogens with two attached hydrogens (primary N) is 1. The van der Waals surface area contributed by atoms with Crippen molar-refractivity contribution in [3.05, 3.63) is 35.9 Å². The van der Waals surface area contributed by atoms with Gasteiger partial charge in [-0.1, -0.05) is 30.3 Å². The molecule has 0 saturated carbocycles. The van der Waals surface area contributed by atoms with Crippen molar-refractivity contribution in [3.8, 4) is 0 Å². The van der Waals surface area contributed by atoms with E-state index in [1.807, 2.05) is 0 Å². The third kappa shape index (κ3) is 4.49. The largest absolute Gasteiger partial charge is 1.00 e. The lowest BCUT2D eigenvalue weighted by atomic mass is 10.1. The lowest BCUT2D eigenvalue weighted by Gasteiger charge is -2.20. The molecular formula is C12H18INO. The van der Waals surface area contributed by atoms with Crippen molar-refractivity contribution in [2.75, 3.05) is 13.2 Å². The molecule has 2 nitrogen and oxygen atoms in total. The average molecular weight is 319 g/mol. The Morgan fingerprint density at radius 3 is 2.47 bits per heavy atom. The topological polar surface area (TPSA) is 25.8 Å². The van der Waals surface area contributed by atoms with Crippen LogP contribution in [0.15, 0.2) is 30.3 Å². The van der Waals surface area contributed by atoms with Gasteiger partial charge in [0.25, 0.3) is 0 Å². The van der Waals surface area contributed by atoms with Crippen LogP contribution in [-0.2, 0) is 11.3 Å². The summed E-state index contributed by atoms with van der Waals surface area (Å²) < 4.78 is 5.33. The Morgan fingerprint density at radius 1 is 1.13 bits per heavy atom. The van der Waals surface area contributed by atoms with Crippen LogP contribution in [-0.4, -0.2) is 19.3 Å². The number of hydrogen-bond acceptors (Lipinski definition) is 1. The number of rotatable bonds is 3. The minimum absolute atomic E-state index is 0. The van der Waals surface area contributed by atoms with E-state index in [9.17, 15) is 0 Å². The van der Waals surface area contributed by atoms with Crippen LogP contribution in [0.25, 0.3) is 0 Å². The van der Waals surface area contributed by atoms with Gasteiger partial charge in [-0.3, -0.25) is 0 Å². The molecule has 0 radical (unpaired) electrons. The SMILES string of the molecule is [I-].c1ccc(C[NH2+]C2CCOCC2)cc1. The van der Waals surface area contributed by atoms with Crippen LogP contribution in [0.1, 0.15) is 18.4 Å². The van der Waals surface area contributed by atoms with Gasteiger partial charge < -0.3 is 34.0 Å². The van der Waals surface area contributed by atoms with Crippen LogP contribution < -0.4 is 29.3 Å². The van der Waals surface area contributed by atoms with Crippen molar-refractivity contribution >= 4 is 0 Å². The smallest absolute Gasteiger partial charge is 0.101 e. The standard InChI is InChI=1S/C12H17NO.HI/c1-2-4-11(5-3-1)10-13-12-6-8-14-9-7-12;/h1-5,12-13H,6-10H2;1H. The van der Waals surface area contributed by atoms with Crippen molar-refractivity contribution in [2.24, 2.45) is 0 Å². The molecule has 0 unspecified atom stereocenters. The van der Waals surface area contributed by atoms with E-state index in [-0.39, 0.29) is 24.0 Å². The van der Waals surface area contributed by atoms with Crippen molar-refractivity contribution in [2.45, 2.75) is 25.4 Å². The van der Waals surface area contributed by atoms with Gasteiger partial charge in [-0.25, -0.2) is 0 Å². The molecule has 0 atom stereocenters. The van der Waals surface area contributed by atoms with E-state index in [4.69, 9.17) is 4.74 Å². The van der Waals surface area contributed by atoms with E-state index in [1.54, 1.807) is 0 Å². The Labute approximate surface area is 108 Å². The average Bonchev–Trinajstić information content (AvgIpc) is 2.29. The quantitative estimate of drug-likeness (QED) is 0.637. The second-order valence-corrected chi connectivity index (χ2v) is 3.88. The van der Waals surface area contributed by atoms with Gasteiger partial charge >= 0.3 is 0 Å². The Balaban J connectivity index is 0.00000112. The van der Waals surface area contributed by atoms with E-state index < -0.39 is 0 Å². The molecule has 15 heavy (non-hydrogen) atoms. The van der Waals surface area contributed by atoms with Gasteiger partial charge in [-0.15, -0.1) is 0 Å². The number of halogens is 1. The Morgan fingerprint density at radius 2 is 1.80 bits per heavy atom. The van der Waals surface area contributed by atoms with Gasteiger partial charge in [-0.05, 0) is 0 Å². The van der Waals surface area contributed by atoms with Crippen molar-refractivity contribution < 1.29 is 34.0 Å². The maximum absolute atomic E-state index is 5.33. The maximum atomic E-state index is 5.33. The normalized spacial score (nSPS) is 17.1. The first-order valence-electron chi connectivity index (χ1n) is 5.40. The zero-order chi connectivity index (χ0) is 9.64. The van der Waals surface area contributed by atoms with E-state index in [1.165, 1.54) is 18.4 Å². The molecule has 1 fully saturated rings. The summed E-state index contributed by atoms with van der Waals surface area (Å²) in [6, 6.07) is 11.4. The summed E-state index contributed by atoms with van der Waals surface area (Å²) >= 11 is 0. The number of hydrogen-bond donors (Lipinski definition) is 1. The third-order valence-electron chi connectivity index (χ3n) is 2.80. The molecule has 0 aliphatic carbocycles. The molecule has 84 valence electrons. The third-order valence-corrected chi connectivity index (χ3v) is 2.80. The highest BCUT2D eigenvalue weighted by Crippen LogP contribution is 2.02. The molecule has 0 aromatic heterocycles.